The van der Waals surface area contributed by atoms with Gasteiger partial charge in [0.25, 0.3) is 5.91 Å². The SMILES string of the molecule is CCN(CC)C1CCN(C(=O)c2ccc(Cl)cc2N)CC1. The lowest BCUT2D eigenvalue weighted by Gasteiger charge is -2.37. The standard InChI is InChI=1S/C16H24ClN3O/c1-3-19(4-2)13-7-9-20(10-8-13)16(21)14-6-5-12(17)11-15(14)18/h5-6,11,13H,3-4,7-10,18H2,1-2H3. The molecule has 1 saturated heterocycles. The molecule has 2 rings (SSSR count). The third-order valence-corrected chi connectivity index (χ3v) is 4.56. The number of hydrogen-bond donors (Lipinski definition) is 1. The lowest BCUT2D eigenvalue weighted by molar-refractivity contribution is 0.0632. The number of rotatable bonds is 4. The second-order valence-electron chi connectivity index (χ2n) is 5.48. The Morgan fingerprint density at radius 2 is 1.95 bits per heavy atom. The first-order valence-electron chi connectivity index (χ1n) is 7.65. The van der Waals surface area contributed by atoms with Crippen LogP contribution in [0.25, 0.3) is 0 Å². The molecule has 0 radical (unpaired) electrons. The van der Waals surface area contributed by atoms with Gasteiger partial charge in [0.05, 0.1) is 5.56 Å². The van der Waals surface area contributed by atoms with E-state index in [1.165, 1.54) is 0 Å². The Labute approximate surface area is 131 Å². The number of piperidine rings is 1. The Morgan fingerprint density at radius 1 is 1.33 bits per heavy atom. The molecule has 21 heavy (non-hydrogen) atoms. The minimum absolute atomic E-state index is 0.0159. The number of carbonyl (C=O) groups is 1. The van der Waals surface area contributed by atoms with E-state index in [9.17, 15) is 4.79 Å². The molecule has 1 aromatic rings. The van der Waals surface area contributed by atoms with E-state index in [1.54, 1.807) is 18.2 Å². The van der Waals surface area contributed by atoms with E-state index in [2.05, 4.69) is 18.7 Å². The van der Waals surface area contributed by atoms with Gasteiger partial charge >= 0.3 is 0 Å². The fraction of sp³-hybridized carbons (Fsp3) is 0.562. The molecule has 1 amide bonds. The molecule has 1 aliphatic rings. The summed E-state index contributed by atoms with van der Waals surface area (Å²) < 4.78 is 0. The normalized spacial score (nSPS) is 16.5. The number of likely N-dealkylation sites (tertiary alicyclic amines) is 1. The van der Waals surface area contributed by atoms with Gasteiger partial charge in [-0.15, -0.1) is 0 Å². The maximum atomic E-state index is 12.5. The van der Waals surface area contributed by atoms with E-state index < -0.39 is 0 Å². The smallest absolute Gasteiger partial charge is 0.255 e. The molecule has 0 unspecified atom stereocenters. The number of nitrogen functional groups attached to an aromatic ring is 1. The number of carbonyl (C=O) groups excluding carboxylic acids is 1. The van der Waals surface area contributed by atoms with Crippen LogP contribution in [-0.2, 0) is 0 Å². The zero-order valence-electron chi connectivity index (χ0n) is 12.8. The van der Waals surface area contributed by atoms with Crippen LogP contribution in [0.2, 0.25) is 5.02 Å². The first-order chi connectivity index (χ1) is 10.1. The monoisotopic (exact) mass is 309 g/mol. The van der Waals surface area contributed by atoms with Crippen LogP contribution in [0.4, 0.5) is 5.69 Å². The Morgan fingerprint density at radius 3 is 2.48 bits per heavy atom. The Balaban J connectivity index is 2.00. The number of halogens is 1. The molecule has 5 heteroatoms. The van der Waals surface area contributed by atoms with Gasteiger partial charge in [0.15, 0.2) is 0 Å². The van der Waals surface area contributed by atoms with Gasteiger partial charge in [0.1, 0.15) is 0 Å². The van der Waals surface area contributed by atoms with Crippen LogP contribution in [-0.4, -0.2) is 47.9 Å². The van der Waals surface area contributed by atoms with Crippen molar-refractivity contribution in [2.24, 2.45) is 0 Å². The summed E-state index contributed by atoms with van der Waals surface area (Å²) in [6, 6.07) is 5.66. The van der Waals surface area contributed by atoms with Gasteiger partial charge in [0, 0.05) is 29.8 Å². The van der Waals surface area contributed by atoms with Crippen molar-refractivity contribution in [1.82, 2.24) is 9.80 Å². The van der Waals surface area contributed by atoms with Crippen molar-refractivity contribution in [2.75, 3.05) is 31.9 Å². The first-order valence-corrected chi connectivity index (χ1v) is 8.03. The number of hydrogen-bond acceptors (Lipinski definition) is 3. The van der Waals surface area contributed by atoms with Crippen molar-refractivity contribution in [2.45, 2.75) is 32.7 Å². The average molecular weight is 310 g/mol. The first kappa shape index (κ1) is 16.1. The molecule has 0 aliphatic carbocycles. The molecule has 0 bridgehead atoms. The molecular formula is C16H24ClN3O. The van der Waals surface area contributed by atoms with Crippen molar-refractivity contribution >= 4 is 23.2 Å². The topological polar surface area (TPSA) is 49.6 Å². The Hall–Kier alpha value is -1.26. The number of benzene rings is 1. The van der Waals surface area contributed by atoms with Gasteiger partial charge < -0.3 is 15.5 Å². The highest BCUT2D eigenvalue weighted by atomic mass is 35.5. The molecule has 0 saturated carbocycles. The average Bonchev–Trinajstić information content (AvgIpc) is 2.48. The number of amides is 1. The van der Waals surface area contributed by atoms with Crippen LogP contribution in [0.3, 0.4) is 0 Å². The van der Waals surface area contributed by atoms with Crippen LogP contribution >= 0.6 is 11.6 Å². The number of nitrogens with zero attached hydrogens (tertiary/aromatic N) is 2. The zero-order chi connectivity index (χ0) is 15.4. The second kappa shape index (κ2) is 7.14. The lowest BCUT2D eigenvalue weighted by Crippen LogP contribution is -2.46. The predicted octanol–water partition coefficient (Wildman–Crippen LogP) is 2.87. The predicted molar refractivity (Wildman–Crippen MR) is 87.7 cm³/mol. The largest absolute Gasteiger partial charge is 0.398 e. The Bertz CT molecular complexity index is 494. The molecule has 1 fully saturated rings. The third kappa shape index (κ3) is 3.69. The minimum atomic E-state index is 0.0159. The summed E-state index contributed by atoms with van der Waals surface area (Å²) in [5.74, 6) is 0.0159. The highest BCUT2D eigenvalue weighted by Gasteiger charge is 2.26. The lowest BCUT2D eigenvalue weighted by atomic mass is 10.0. The van der Waals surface area contributed by atoms with Crippen LogP contribution in [0.5, 0.6) is 0 Å². The van der Waals surface area contributed by atoms with E-state index >= 15 is 0 Å². The molecule has 1 heterocycles. The van der Waals surface area contributed by atoms with Crippen LogP contribution in [0, 0.1) is 0 Å². The van der Waals surface area contributed by atoms with Crippen molar-refractivity contribution in [3.05, 3.63) is 28.8 Å². The van der Waals surface area contributed by atoms with E-state index in [0.717, 1.165) is 39.0 Å². The van der Waals surface area contributed by atoms with Crippen molar-refractivity contribution in [3.8, 4) is 0 Å². The van der Waals surface area contributed by atoms with Gasteiger partial charge in [-0.25, -0.2) is 0 Å². The summed E-state index contributed by atoms with van der Waals surface area (Å²) in [7, 11) is 0. The van der Waals surface area contributed by atoms with Crippen LogP contribution in [0.1, 0.15) is 37.0 Å². The molecule has 1 aromatic carbocycles. The highest BCUT2D eigenvalue weighted by Crippen LogP contribution is 2.22. The van der Waals surface area contributed by atoms with Crippen molar-refractivity contribution < 1.29 is 4.79 Å². The molecule has 1 aliphatic heterocycles. The molecular weight excluding hydrogens is 286 g/mol. The van der Waals surface area contributed by atoms with Gasteiger partial charge in [-0.1, -0.05) is 25.4 Å². The molecule has 2 N–H and O–H groups in total. The van der Waals surface area contributed by atoms with E-state index in [0.29, 0.717) is 22.3 Å². The maximum absolute atomic E-state index is 12.5. The fourth-order valence-corrected chi connectivity index (χ4v) is 3.25. The zero-order valence-corrected chi connectivity index (χ0v) is 13.6. The Kier molecular flexibility index (Phi) is 5.48. The third-order valence-electron chi connectivity index (χ3n) is 4.32. The summed E-state index contributed by atoms with van der Waals surface area (Å²) in [5.41, 5.74) is 6.92. The summed E-state index contributed by atoms with van der Waals surface area (Å²) >= 11 is 5.88. The van der Waals surface area contributed by atoms with Crippen LogP contribution in [0.15, 0.2) is 18.2 Å². The summed E-state index contributed by atoms with van der Waals surface area (Å²) in [6.07, 6.45) is 2.06. The number of anilines is 1. The molecule has 0 aromatic heterocycles. The van der Waals surface area contributed by atoms with Gasteiger partial charge in [0.2, 0.25) is 0 Å². The maximum Gasteiger partial charge on any atom is 0.255 e. The molecule has 116 valence electrons. The quantitative estimate of drug-likeness (QED) is 0.870. The fourth-order valence-electron chi connectivity index (χ4n) is 3.07. The number of nitrogens with two attached hydrogens (primary N) is 1. The van der Waals surface area contributed by atoms with Crippen molar-refractivity contribution in [1.29, 1.82) is 0 Å². The molecule has 0 atom stereocenters. The van der Waals surface area contributed by atoms with E-state index in [1.807, 2.05) is 4.90 Å². The van der Waals surface area contributed by atoms with E-state index in [-0.39, 0.29) is 5.91 Å². The summed E-state index contributed by atoms with van der Waals surface area (Å²) in [5, 5.41) is 0.560. The minimum Gasteiger partial charge on any atom is -0.398 e. The van der Waals surface area contributed by atoms with Crippen LogP contribution < -0.4 is 5.73 Å². The highest BCUT2D eigenvalue weighted by molar-refractivity contribution is 6.31. The summed E-state index contributed by atoms with van der Waals surface area (Å²) in [4.78, 5) is 16.9. The van der Waals surface area contributed by atoms with Gasteiger partial charge in [-0.3, -0.25) is 4.79 Å². The van der Waals surface area contributed by atoms with Gasteiger partial charge in [-0.2, -0.15) is 0 Å². The van der Waals surface area contributed by atoms with E-state index in [4.69, 9.17) is 17.3 Å². The summed E-state index contributed by atoms with van der Waals surface area (Å²) in [6.45, 7) is 8.10. The van der Waals surface area contributed by atoms with Crippen molar-refractivity contribution in [3.63, 3.8) is 0 Å². The molecule has 4 nitrogen and oxygen atoms in total. The second-order valence-corrected chi connectivity index (χ2v) is 5.91. The molecule has 0 spiro atoms. The van der Waals surface area contributed by atoms with Gasteiger partial charge in [-0.05, 0) is 44.1 Å².